The first-order chi connectivity index (χ1) is 14.1. The predicted molar refractivity (Wildman–Crippen MR) is 102 cm³/mol. The number of aromatic hydroxyl groups is 1. The third-order valence-electron chi connectivity index (χ3n) is 4.76. The van der Waals surface area contributed by atoms with Crippen LogP contribution in [-0.2, 0) is 6.54 Å². The summed E-state index contributed by atoms with van der Waals surface area (Å²) in [5.74, 6) is 0.904. The van der Waals surface area contributed by atoms with Crippen molar-refractivity contribution in [2.75, 3.05) is 31.1 Å². The van der Waals surface area contributed by atoms with Crippen LogP contribution >= 0.6 is 0 Å². The van der Waals surface area contributed by atoms with Gasteiger partial charge in [0.15, 0.2) is 0 Å². The predicted octanol–water partition coefficient (Wildman–Crippen LogP) is 3.37. The lowest BCUT2D eigenvalue weighted by Crippen LogP contribution is -2.46. The van der Waals surface area contributed by atoms with Gasteiger partial charge in [-0.25, -0.2) is 0 Å². The van der Waals surface area contributed by atoms with E-state index in [1.165, 1.54) is 6.07 Å². The van der Waals surface area contributed by atoms with Gasteiger partial charge in [-0.15, -0.1) is 0 Å². The quantitative estimate of drug-likeness (QED) is 0.678. The molecule has 2 aromatic carbocycles. The summed E-state index contributed by atoms with van der Waals surface area (Å²) in [5, 5.41) is 13.3. The molecule has 1 saturated heterocycles. The van der Waals surface area contributed by atoms with E-state index in [2.05, 4.69) is 24.7 Å². The monoisotopic (exact) mass is 402 g/mol. The molecule has 9 heteroatoms. The number of ether oxygens (including phenoxy) is 1. The van der Waals surface area contributed by atoms with Crippen molar-refractivity contribution in [2.45, 2.75) is 13.2 Å². The Morgan fingerprint density at radius 1 is 1.03 bits per heavy atom. The highest BCUT2D eigenvalue weighted by Gasteiger charge is 2.21. The van der Waals surface area contributed by atoms with Crippen LogP contribution in [0.2, 0.25) is 0 Å². The normalized spacial score (nSPS) is 15.1. The Hall–Kier alpha value is -3.20. The molecular formula is C20H20F2N4O3. The summed E-state index contributed by atoms with van der Waals surface area (Å²) in [6.45, 7) is 0.836. The minimum Gasteiger partial charge on any atom is -0.508 e. The average Bonchev–Trinajstić information content (AvgIpc) is 3.17. The second kappa shape index (κ2) is 8.44. The lowest BCUT2D eigenvalue weighted by Gasteiger charge is -2.35. The van der Waals surface area contributed by atoms with E-state index in [9.17, 15) is 13.9 Å². The van der Waals surface area contributed by atoms with Crippen molar-refractivity contribution in [1.29, 1.82) is 0 Å². The van der Waals surface area contributed by atoms with Crippen molar-refractivity contribution in [1.82, 2.24) is 15.0 Å². The fourth-order valence-corrected chi connectivity index (χ4v) is 3.30. The standard InChI is InChI=1S/C20H20F2N4O3/c21-20(22)28-17-4-2-1-3-16(17)19-23-18(29-24-19)13-25-9-11-26(12-10-25)14-5-7-15(27)8-6-14/h1-8,20,27H,9-13H2. The zero-order chi connectivity index (χ0) is 20.2. The lowest BCUT2D eigenvalue weighted by molar-refractivity contribution is -0.0494. The SMILES string of the molecule is Oc1ccc(N2CCN(Cc3nc(-c4ccccc4OC(F)F)no3)CC2)cc1. The summed E-state index contributed by atoms with van der Waals surface area (Å²) < 4.78 is 35.0. The zero-order valence-electron chi connectivity index (χ0n) is 15.5. The van der Waals surface area contributed by atoms with Gasteiger partial charge in [-0.3, -0.25) is 4.90 Å². The third-order valence-corrected chi connectivity index (χ3v) is 4.76. The van der Waals surface area contributed by atoms with Gasteiger partial charge in [0.2, 0.25) is 11.7 Å². The molecule has 7 nitrogen and oxygen atoms in total. The van der Waals surface area contributed by atoms with Crippen molar-refractivity contribution in [3.63, 3.8) is 0 Å². The molecule has 1 aromatic heterocycles. The molecule has 4 rings (SSSR count). The number of rotatable bonds is 6. The summed E-state index contributed by atoms with van der Waals surface area (Å²) in [6, 6.07) is 13.5. The van der Waals surface area contributed by atoms with Crippen LogP contribution in [0.4, 0.5) is 14.5 Å². The van der Waals surface area contributed by atoms with E-state index in [4.69, 9.17) is 4.52 Å². The number of nitrogens with zero attached hydrogens (tertiary/aromatic N) is 4. The molecule has 152 valence electrons. The number of phenols is 1. The first-order valence-corrected chi connectivity index (χ1v) is 9.21. The Kier molecular flexibility index (Phi) is 5.57. The van der Waals surface area contributed by atoms with Gasteiger partial charge in [-0.1, -0.05) is 17.3 Å². The van der Waals surface area contributed by atoms with E-state index >= 15 is 0 Å². The van der Waals surface area contributed by atoms with Crippen LogP contribution in [0.15, 0.2) is 53.1 Å². The molecule has 29 heavy (non-hydrogen) atoms. The molecule has 0 bridgehead atoms. The van der Waals surface area contributed by atoms with Gasteiger partial charge in [0.1, 0.15) is 11.5 Å². The van der Waals surface area contributed by atoms with Gasteiger partial charge in [-0.2, -0.15) is 13.8 Å². The molecule has 0 radical (unpaired) electrons. The smallest absolute Gasteiger partial charge is 0.387 e. The molecule has 0 unspecified atom stereocenters. The summed E-state index contributed by atoms with van der Waals surface area (Å²) in [4.78, 5) is 8.78. The van der Waals surface area contributed by atoms with Crippen molar-refractivity contribution >= 4 is 5.69 Å². The number of benzene rings is 2. The summed E-state index contributed by atoms with van der Waals surface area (Å²) >= 11 is 0. The molecule has 2 heterocycles. The number of hydrogen-bond acceptors (Lipinski definition) is 7. The average molecular weight is 402 g/mol. The van der Waals surface area contributed by atoms with E-state index in [-0.39, 0.29) is 17.3 Å². The maximum absolute atomic E-state index is 12.6. The van der Waals surface area contributed by atoms with Crippen LogP contribution in [0.1, 0.15) is 5.89 Å². The van der Waals surface area contributed by atoms with Crippen LogP contribution in [0, 0.1) is 0 Å². The molecule has 1 aliphatic heterocycles. The number of alkyl halides is 2. The zero-order valence-corrected chi connectivity index (χ0v) is 15.5. The Bertz CT molecular complexity index is 941. The number of aromatic nitrogens is 2. The lowest BCUT2D eigenvalue weighted by atomic mass is 10.2. The number of hydrogen-bond donors (Lipinski definition) is 1. The van der Waals surface area contributed by atoms with Crippen molar-refractivity contribution in [3.8, 4) is 22.9 Å². The molecule has 1 N–H and O–H groups in total. The maximum Gasteiger partial charge on any atom is 0.387 e. The molecule has 0 spiro atoms. The second-order valence-corrected chi connectivity index (χ2v) is 6.67. The van der Waals surface area contributed by atoms with Gasteiger partial charge >= 0.3 is 6.61 Å². The third kappa shape index (κ3) is 4.62. The first-order valence-electron chi connectivity index (χ1n) is 9.21. The Morgan fingerprint density at radius 2 is 1.76 bits per heavy atom. The Labute approximate surface area is 166 Å². The molecule has 0 amide bonds. The van der Waals surface area contributed by atoms with Gasteiger partial charge in [0, 0.05) is 31.9 Å². The van der Waals surface area contributed by atoms with E-state index in [0.29, 0.717) is 18.0 Å². The number of piperazine rings is 1. The fraction of sp³-hybridized carbons (Fsp3) is 0.300. The Balaban J connectivity index is 1.37. The number of phenolic OH excluding ortho intramolecular Hbond substituents is 1. The first kappa shape index (κ1) is 19.1. The summed E-state index contributed by atoms with van der Waals surface area (Å²) in [5.41, 5.74) is 1.43. The largest absolute Gasteiger partial charge is 0.508 e. The van der Waals surface area contributed by atoms with Crippen LogP contribution in [0.5, 0.6) is 11.5 Å². The van der Waals surface area contributed by atoms with E-state index in [0.717, 1.165) is 31.9 Å². The topological polar surface area (TPSA) is 74.9 Å². The molecule has 0 atom stereocenters. The van der Waals surface area contributed by atoms with Gasteiger partial charge < -0.3 is 19.3 Å². The molecule has 1 aliphatic rings. The van der Waals surface area contributed by atoms with Gasteiger partial charge in [0.05, 0.1) is 12.1 Å². The fourth-order valence-electron chi connectivity index (χ4n) is 3.30. The molecule has 0 aliphatic carbocycles. The van der Waals surface area contributed by atoms with E-state index < -0.39 is 6.61 Å². The number of para-hydroxylation sites is 1. The van der Waals surface area contributed by atoms with Crippen LogP contribution < -0.4 is 9.64 Å². The highest BCUT2D eigenvalue weighted by atomic mass is 19.3. The van der Waals surface area contributed by atoms with E-state index in [1.807, 2.05) is 12.1 Å². The van der Waals surface area contributed by atoms with E-state index in [1.54, 1.807) is 30.3 Å². The van der Waals surface area contributed by atoms with Gasteiger partial charge in [0.25, 0.3) is 0 Å². The number of anilines is 1. The van der Waals surface area contributed by atoms with Crippen LogP contribution in [-0.4, -0.2) is 52.9 Å². The van der Waals surface area contributed by atoms with Crippen LogP contribution in [0.3, 0.4) is 0 Å². The summed E-state index contributed by atoms with van der Waals surface area (Å²) in [6.07, 6.45) is 0. The highest BCUT2D eigenvalue weighted by Crippen LogP contribution is 2.29. The molecule has 1 fully saturated rings. The van der Waals surface area contributed by atoms with Crippen LogP contribution in [0.25, 0.3) is 11.4 Å². The minimum atomic E-state index is -2.92. The molecular weight excluding hydrogens is 382 g/mol. The molecule has 3 aromatic rings. The van der Waals surface area contributed by atoms with Crippen molar-refractivity contribution in [3.05, 3.63) is 54.4 Å². The summed E-state index contributed by atoms with van der Waals surface area (Å²) in [7, 11) is 0. The van der Waals surface area contributed by atoms with Crippen molar-refractivity contribution in [2.24, 2.45) is 0 Å². The Morgan fingerprint density at radius 3 is 2.48 bits per heavy atom. The minimum absolute atomic E-state index is 0.0114. The highest BCUT2D eigenvalue weighted by molar-refractivity contribution is 5.63. The number of halogens is 2. The van der Waals surface area contributed by atoms with Crippen molar-refractivity contribution < 1.29 is 23.1 Å². The van der Waals surface area contributed by atoms with Gasteiger partial charge in [-0.05, 0) is 36.4 Å². The molecule has 0 saturated carbocycles. The second-order valence-electron chi connectivity index (χ2n) is 6.67. The maximum atomic E-state index is 12.6.